The fraction of sp³-hybridized carbons (Fsp3) is 0.667. The molecule has 0 bridgehead atoms. The zero-order chi connectivity index (χ0) is 17.0. The van der Waals surface area contributed by atoms with Crippen LogP contribution in [0.15, 0.2) is 24.6 Å². The van der Waals surface area contributed by atoms with Crippen LogP contribution in [0.4, 0.5) is 0 Å². The van der Waals surface area contributed by atoms with Crippen molar-refractivity contribution >= 4 is 5.91 Å². The molecule has 7 heteroatoms. The van der Waals surface area contributed by atoms with Gasteiger partial charge in [0.25, 0.3) is 0 Å². The number of ether oxygens (including phenoxy) is 3. The Labute approximate surface area is 132 Å². The van der Waals surface area contributed by atoms with Gasteiger partial charge in [0.2, 0.25) is 5.91 Å². The van der Waals surface area contributed by atoms with Crippen LogP contribution < -0.4 is 5.32 Å². The van der Waals surface area contributed by atoms with Crippen molar-refractivity contribution in [3.8, 4) is 0 Å². The summed E-state index contributed by atoms with van der Waals surface area (Å²) in [5, 5.41) is 12.0. The van der Waals surface area contributed by atoms with Crippen molar-refractivity contribution in [2.24, 2.45) is 0 Å². The summed E-state index contributed by atoms with van der Waals surface area (Å²) in [6.45, 7) is 8.31. The Morgan fingerprint density at radius 1 is 1.45 bits per heavy atom. The van der Waals surface area contributed by atoms with Gasteiger partial charge >= 0.3 is 0 Å². The molecule has 0 radical (unpaired) electrons. The summed E-state index contributed by atoms with van der Waals surface area (Å²) in [5.41, 5.74) is 0.480. The summed E-state index contributed by atoms with van der Waals surface area (Å²) < 4.78 is 16.0. The Bertz CT molecular complexity index is 360. The highest BCUT2D eigenvalue weighted by atomic mass is 16.6. The molecular formula is C15H28N2O5. The third-order valence-electron chi connectivity index (χ3n) is 2.80. The number of carbonyl (C=O) groups excluding carboxylic acids is 1. The normalized spacial score (nSPS) is 14.3. The number of aliphatic hydroxyl groups is 1. The van der Waals surface area contributed by atoms with Crippen LogP contribution in [0, 0.1) is 0 Å². The molecule has 0 spiro atoms. The Morgan fingerprint density at radius 3 is 2.64 bits per heavy atom. The highest BCUT2D eigenvalue weighted by Gasteiger charge is 2.17. The monoisotopic (exact) mass is 316 g/mol. The molecule has 128 valence electrons. The van der Waals surface area contributed by atoms with E-state index >= 15 is 0 Å². The Hall–Kier alpha value is -1.41. The maximum absolute atomic E-state index is 11.5. The maximum Gasteiger partial charge on any atom is 0.248 e. The first-order valence-corrected chi connectivity index (χ1v) is 7.13. The van der Waals surface area contributed by atoms with Gasteiger partial charge in [-0.05, 0) is 20.0 Å². The van der Waals surface area contributed by atoms with E-state index in [2.05, 4.69) is 11.9 Å². The Morgan fingerprint density at radius 2 is 2.14 bits per heavy atom. The van der Waals surface area contributed by atoms with E-state index in [1.54, 1.807) is 32.2 Å². The summed E-state index contributed by atoms with van der Waals surface area (Å²) in [4.78, 5) is 13.1. The standard InChI is InChI=1S/C15H28N2O5/c1-6-17(9-12(2)15(19)16-4)14(10-18)22-13(3)11-21-8-7-20-5/h6,9,13-14,18H,1,7-8,10-11H2,2-5H3,(H,16,19)/b12-9-. The van der Waals surface area contributed by atoms with Crippen molar-refractivity contribution in [1.29, 1.82) is 0 Å². The van der Waals surface area contributed by atoms with Crippen molar-refractivity contribution in [1.82, 2.24) is 10.2 Å². The lowest BCUT2D eigenvalue weighted by Gasteiger charge is -2.29. The second-order valence-corrected chi connectivity index (χ2v) is 4.67. The van der Waals surface area contributed by atoms with E-state index < -0.39 is 6.23 Å². The van der Waals surface area contributed by atoms with E-state index in [-0.39, 0.29) is 18.6 Å². The molecule has 0 aromatic heterocycles. The van der Waals surface area contributed by atoms with Gasteiger partial charge in [-0.3, -0.25) is 4.79 Å². The number of hydrogen-bond acceptors (Lipinski definition) is 6. The molecule has 0 aromatic carbocycles. The molecule has 0 aliphatic carbocycles. The summed E-state index contributed by atoms with van der Waals surface area (Å²) in [6.07, 6.45) is 2.19. The van der Waals surface area contributed by atoms with Crippen LogP contribution in [-0.4, -0.2) is 68.8 Å². The third kappa shape index (κ3) is 8.14. The molecule has 1 amide bonds. The fourth-order valence-electron chi connectivity index (χ4n) is 1.64. The molecule has 0 saturated heterocycles. The quantitative estimate of drug-likeness (QED) is 0.309. The minimum absolute atomic E-state index is 0.209. The van der Waals surface area contributed by atoms with Crippen LogP contribution >= 0.6 is 0 Å². The van der Waals surface area contributed by atoms with Gasteiger partial charge in [-0.15, -0.1) is 0 Å². The number of methoxy groups -OCH3 is 1. The number of aliphatic hydroxyl groups excluding tert-OH is 1. The summed E-state index contributed by atoms with van der Waals surface area (Å²) in [6, 6.07) is 0. The third-order valence-corrected chi connectivity index (χ3v) is 2.80. The predicted molar refractivity (Wildman–Crippen MR) is 84.0 cm³/mol. The molecule has 0 aromatic rings. The Balaban J connectivity index is 4.56. The van der Waals surface area contributed by atoms with E-state index in [1.165, 1.54) is 6.20 Å². The molecule has 0 rings (SSSR count). The van der Waals surface area contributed by atoms with Gasteiger partial charge in [0.1, 0.15) is 0 Å². The molecule has 2 atom stereocenters. The molecule has 0 heterocycles. The number of likely N-dealkylation sites (N-methyl/N-ethyl adjacent to an activating group) is 1. The fourth-order valence-corrected chi connectivity index (χ4v) is 1.64. The van der Waals surface area contributed by atoms with Crippen LogP contribution in [-0.2, 0) is 19.0 Å². The first kappa shape index (κ1) is 20.6. The Kier molecular flexibility index (Phi) is 11.4. The highest BCUT2D eigenvalue weighted by molar-refractivity contribution is 5.92. The molecular weight excluding hydrogens is 288 g/mol. The van der Waals surface area contributed by atoms with Crippen LogP contribution in [0.2, 0.25) is 0 Å². The summed E-state index contributed by atoms with van der Waals surface area (Å²) >= 11 is 0. The van der Waals surface area contributed by atoms with Gasteiger partial charge in [-0.25, -0.2) is 0 Å². The first-order valence-electron chi connectivity index (χ1n) is 7.13. The summed E-state index contributed by atoms with van der Waals surface area (Å²) in [5.74, 6) is -0.209. The molecule has 0 saturated carbocycles. The smallest absolute Gasteiger partial charge is 0.248 e. The number of amides is 1. The van der Waals surface area contributed by atoms with Crippen LogP contribution in [0.25, 0.3) is 0 Å². The minimum atomic E-state index is -0.641. The number of nitrogens with zero attached hydrogens (tertiary/aromatic N) is 1. The maximum atomic E-state index is 11.5. The molecule has 22 heavy (non-hydrogen) atoms. The zero-order valence-corrected chi connectivity index (χ0v) is 13.9. The second-order valence-electron chi connectivity index (χ2n) is 4.67. The first-order chi connectivity index (χ1) is 10.5. The number of nitrogens with one attached hydrogen (secondary N) is 1. The lowest BCUT2D eigenvalue weighted by molar-refractivity contribution is -0.117. The van der Waals surface area contributed by atoms with E-state index in [0.29, 0.717) is 25.4 Å². The molecule has 0 fully saturated rings. The SMILES string of the molecule is C=CN(/C=C(/C)C(=O)NC)C(CO)OC(C)COCCOC. The van der Waals surface area contributed by atoms with Crippen LogP contribution in [0.5, 0.6) is 0 Å². The summed E-state index contributed by atoms with van der Waals surface area (Å²) in [7, 11) is 3.16. The van der Waals surface area contributed by atoms with Crippen molar-refractivity contribution in [2.75, 3.05) is 40.6 Å². The van der Waals surface area contributed by atoms with Crippen LogP contribution in [0.1, 0.15) is 13.8 Å². The van der Waals surface area contributed by atoms with Gasteiger partial charge in [0.15, 0.2) is 6.23 Å². The number of carbonyl (C=O) groups is 1. The van der Waals surface area contributed by atoms with Gasteiger partial charge < -0.3 is 29.5 Å². The zero-order valence-electron chi connectivity index (χ0n) is 13.9. The molecule has 2 N–H and O–H groups in total. The second kappa shape index (κ2) is 12.2. The number of hydrogen-bond donors (Lipinski definition) is 2. The van der Waals surface area contributed by atoms with Crippen LogP contribution in [0.3, 0.4) is 0 Å². The average Bonchev–Trinajstić information content (AvgIpc) is 2.53. The lowest BCUT2D eigenvalue weighted by atomic mass is 10.3. The van der Waals surface area contributed by atoms with E-state index in [9.17, 15) is 9.90 Å². The van der Waals surface area contributed by atoms with Gasteiger partial charge in [-0.2, -0.15) is 0 Å². The van der Waals surface area contributed by atoms with E-state index in [1.807, 2.05) is 6.92 Å². The largest absolute Gasteiger partial charge is 0.392 e. The van der Waals surface area contributed by atoms with Crippen molar-refractivity contribution in [3.63, 3.8) is 0 Å². The van der Waals surface area contributed by atoms with E-state index in [0.717, 1.165) is 0 Å². The molecule has 0 aliphatic rings. The highest BCUT2D eigenvalue weighted by Crippen LogP contribution is 2.09. The average molecular weight is 316 g/mol. The van der Waals surface area contributed by atoms with Crippen molar-refractivity contribution < 1.29 is 24.1 Å². The van der Waals surface area contributed by atoms with Crippen molar-refractivity contribution in [2.45, 2.75) is 26.2 Å². The molecule has 2 unspecified atom stereocenters. The van der Waals surface area contributed by atoms with E-state index in [4.69, 9.17) is 14.2 Å². The minimum Gasteiger partial charge on any atom is -0.392 e. The predicted octanol–water partition coefficient (Wildman–Crippen LogP) is 0.468. The lowest BCUT2D eigenvalue weighted by Crippen LogP contribution is -2.37. The molecule has 7 nitrogen and oxygen atoms in total. The molecule has 0 aliphatic heterocycles. The van der Waals surface area contributed by atoms with Gasteiger partial charge in [-0.1, -0.05) is 6.58 Å². The number of rotatable bonds is 12. The van der Waals surface area contributed by atoms with Gasteiger partial charge in [0.05, 0.1) is 32.5 Å². The topological polar surface area (TPSA) is 80.3 Å². The van der Waals surface area contributed by atoms with Crippen molar-refractivity contribution in [3.05, 3.63) is 24.6 Å². The van der Waals surface area contributed by atoms with Gasteiger partial charge in [0, 0.05) is 25.9 Å².